The van der Waals surface area contributed by atoms with Gasteiger partial charge in [0.2, 0.25) is 10.0 Å². The predicted molar refractivity (Wildman–Crippen MR) is 78.9 cm³/mol. The summed E-state index contributed by atoms with van der Waals surface area (Å²) in [6, 6.07) is 3.44. The fraction of sp³-hybridized carbons (Fsp3) is 0.571. The van der Waals surface area contributed by atoms with Crippen LogP contribution in [0.4, 0.5) is 5.69 Å². The molecule has 0 radical (unpaired) electrons. The van der Waals surface area contributed by atoms with E-state index in [1.807, 2.05) is 19.9 Å². The second-order valence-electron chi connectivity index (χ2n) is 5.62. The van der Waals surface area contributed by atoms with Gasteiger partial charge in [0.05, 0.1) is 11.8 Å². The van der Waals surface area contributed by atoms with E-state index in [1.165, 1.54) is 4.31 Å². The molecule has 0 spiro atoms. The molecular formula is C14H22N2O3S. The van der Waals surface area contributed by atoms with Crippen LogP contribution in [0.3, 0.4) is 0 Å². The summed E-state index contributed by atoms with van der Waals surface area (Å²) in [5.41, 5.74) is 7.71. The van der Waals surface area contributed by atoms with Gasteiger partial charge in [0.1, 0.15) is 4.90 Å². The van der Waals surface area contributed by atoms with E-state index in [-0.39, 0.29) is 23.0 Å². The highest BCUT2D eigenvalue weighted by atomic mass is 32.2. The van der Waals surface area contributed by atoms with Crippen LogP contribution in [0.25, 0.3) is 0 Å². The molecule has 6 heteroatoms. The molecule has 112 valence electrons. The van der Waals surface area contributed by atoms with E-state index in [2.05, 4.69) is 0 Å². The number of hydrogen-bond donors (Lipinski definition) is 2. The SMILES string of the molecule is Cc1ccc(N)c(S(=O)(=O)N2CCC(C)C(O)C2)c1C. The molecule has 5 nitrogen and oxygen atoms in total. The lowest BCUT2D eigenvalue weighted by atomic mass is 9.98. The smallest absolute Gasteiger partial charge is 0.245 e. The number of nitrogens with zero attached hydrogens (tertiary/aromatic N) is 1. The summed E-state index contributed by atoms with van der Waals surface area (Å²) in [5, 5.41) is 9.91. The zero-order chi connectivity index (χ0) is 15.1. The maximum atomic E-state index is 12.8. The van der Waals surface area contributed by atoms with E-state index < -0.39 is 16.1 Å². The minimum absolute atomic E-state index is 0.123. The van der Waals surface area contributed by atoms with Crippen molar-refractivity contribution in [1.82, 2.24) is 4.31 Å². The van der Waals surface area contributed by atoms with Crippen LogP contribution in [-0.4, -0.2) is 37.0 Å². The molecule has 2 rings (SSSR count). The molecule has 1 aromatic rings. The fourth-order valence-corrected chi connectivity index (χ4v) is 4.39. The number of anilines is 1. The number of aryl methyl sites for hydroxylation is 1. The zero-order valence-corrected chi connectivity index (χ0v) is 12.9. The van der Waals surface area contributed by atoms with Crippen LogP contribution in [0.1, 0.15) is 24.5 Å². The van der Waals surface area contributed by atoms with Crippen LogP contribution in [-0.2, 0) is 10.0 Å². The Labute approximate surface area is 120 Å². The summed E-state index contributed by atoms with van der Waals surface area (Å²) in [7, 11) is -3.65. The molecule has 2 unspecified atom stereocenters. The molecule has 1 aliphatic rings. The second kappa shape index (κ2) is 5.35. The van der Waals surface area contributed by atoms with Crippen molar-refractivity contribution >= 4 is 15.7 Å². The number of β-amino-alcohol motifs (C(OH)–C–C–N with tert-alkyl or cyclic N) is 1. The van der Waals surface area contributed by atoms with Crippen molar-refractivity contribution in [3.8, 4) is 0 Å². The summed E-state index contributed by atoms with van der Waals surface area (Å²) in [6.45, 7) is 6.12. The maximum absolute atomic E-state index is 12.8. The maximum Gasteiger partial charge on any atom is 0.245 e. The third-order valence-electron chi connectivity index (χ3n) is 4.19. The van der Waals surface area contributed by atoms with Gasteiger partial charge in [-0.2, -0.15) is 4.31 Å². The highest BCUT2D eigenvalue weighted by Gasteiger charge is 2.34. The van der Waals surface area contributed by atoms with Gasteiger partial charge in [0, 0.05) is 13.1 Å². The van der Waals surface area contributed by atoms with Crippen molar-refractivity contribution in [3.05, 3.63) is 23.3 Å². The van der Waals surface area contributed by atoms with Crippen LogP contribution in [0, 0.1) is 19.8 Å². The fourth-order valence-electron chi connectivity index (χ4n) is 2.52. The van der Waals surface area contributed by atoms with Gasteiger partial charge in [-0.05, 0) is 43.4 Å². The van der Waals surface area contributed by atoms with Crippen molar-refractivity contribution in [2.24, 2.45) is 5.92 Å². The molecule has 20 heavy (non-hydrogen) atoms. The van der Waals surface area contributed by atoms with Gasteiger partial charge in [-0.15, -0.1) is 0 Å². The molecule has 0 bridgehead atoms. The van der Waals surface area contributed by atoms with Gasteiger partial charge in [0.15, 0.2) is 0 Å². The normalized spacial score (nSPS) is 24.8. The van der Waals surface area contributed by atoms with Crippen LogP contribution in [0.15, 0.2) is 17.0 Å². The number of aliphatic hydroxyl groups is 1. The first-order valence-electron chi connectivity index (χ1n) is 6.79. The van der Waals surface area contributed by atoms with E-state index >= 15 is 0 Å². The average Bonchev–Trinajstić information content (AvgIpc) is 2.37. The quantitative estimate of drug-likeness (QED) is 0.806. The summed E-state index contributed by atoms with van der Waals surface area (Å²) in [6.07, 6.45) is 0.0374. The molecule has 1 aliphatic heterocycles. The average molecular weight is 298 g/mol. The largest absolute Gasteiger partial charge is 0.398 e. The first kappa shape index (κ1) is 15.3. The van der Waals surface area contributed by atoms with Crippen LogP contribution in [0.2, 0.25) is 0 Å². The minimum Gasteiger partial charge on any atom is -0.398 e. The van der Waals surface area contributed by atoms with Crippen LogP contribution in [0.5, 0.6) is 0 Å². The predicted octanol–water partition coefficient (Wildman–Crippen LogP) is 1.28. The molecule has 2 atom stereocenters. The Hall–Kier alpha value is -1.11. The molecule has 1 saturated heterocycles. The third-order valence-corrected chi connectivity index (χ3v) is 6.26. The number of benzene rings is 1. The molecule has 0 amide bonds. The molecule has 1 heterocycles. The second-order valence-corrected chi connectivity index (χ2v) is 7.50. The highest BCUT2D eigenvalue weighted by molar-refractivity contribution is 7.89. The first-order chi connectivity index (χ1) is 9.25. The van der Waals surface area contributed by atoms with Gasteiger partial charge in [-0.25, -0.2) is 8.42 Å². The number of sulfonamides is 1. The van der Waals surface area contributed by atoms with Crippen LogP contribution < -0.4 is 5.73 Å². The number of rotatable bonds is 2. The topological polar surface area (TPSA) is 83.6 Å². The van der Waals surface area contributed by atoms with E-state index in [0.29, 0.717) is 18.5 Å². The van der Waals surface area contributed by atoms with Gasteiger partial charge in [-0.3, -0.25) is 0 Å². The van der Waals surface area contributed by atoms with Gasteiger partial charge >= 0.3 is 0 Å². The highest BCUT2D eigenvalue weighted by Crippen LogP contribution is 2.30. The Morgan fingerprint density at radius 3 is 2.60 bits per heavy atom. The van der Waals surface area contributed by atoms with Crippen molar-refractivity contribution in [1.29, 1.82) is 0 Å². The van der Waals surface area contributed by atoms with E-state index in [4.69, 9.17) is 5.73 Å². The molecule has 0 saturated carbocycles. The van der Waals surface area contributed by atoms with E-state index in [9.17, 15) is 13.5 Å². The lowest BCUT2D eigenvalue weighted by Crippen LogP contribution is -2.46. The number of piperidine rings is 1. The summed E-state index contributed by atoms with van der Waals surface area (Å²) in [4.78, 5) is 0.180. The van der Waals surface area contributed by atoms with Crippen molar-refractivity contribution in [2.45, 2.75) is 38.2 Å². The Morgan fingerprint density at radius 1 is 1.35 bits per heavy atom. The standard InChI is InChI=1S/C14H22N2O3S/c1-9-4-5-12(15)14(11(9)3)20(18,19)16-7-6-10(2)13(17)8-16/h4-5,10,13,17H,6-8,15H2,1-3H3. The third kappa shape index (κ3) is 2.55. The molecule has 1 aromatic carbocycles. The monoisotopic (exact) mass is 298 g/mol. The molecule has 0 aromatic heterocycles. The first-order valence-corrected chi connectivity index (χ1v) is 8.23. The summed E-state index contributed by atoms with van der Waals surface area (Å²) >= 11 is 0. The van der Waals surface area contributed by atoms with E-state index in [1.54, 1.807) is 13.0 Å². The van der Waals surface area contributed by atoms with Gasteiger partial charge in [-0.1, -0.05) is 13.0 Å². The lowest BCUT2D eigenvalue weighted by Gasteiger charge is -2.34. The lowest BCUT2D eigenvalue weighted by molar-refractivity contribution is 0.0605. The van der Waals surface area contributed by atoms with Crippen LogP contribution >= 0.6 is 0 Å². The number of nitrogens with two attached hydrogens (primary N) is 1. The molecular weight excluding hydrogens is 276 g/mol. The van der Waals surface area contributed by atoms with E-state index in [0.717, 1.165) is 5.56 Å². The Balaban J connectivity index is 2.44. The van der Waals surface area contributed by atoms with Gasteiger partial charge in [0.25, 0.3) is 0 Å². The Bertz CT molecular complexity index is 613. The van der Waals surface area contributed by atoms with Crippen molar-refractivity contribution in [3.63, 3.8) is 0 Å². The summed E-state index contributed by atoms with van der Waals surface area (Å²) < 4.78 is 26.9. The molecule has 1 fully saturated rings. The number of aliphatic hydroxyl groups excluding tert-OH is 1. The minimum atomic E-state index is -3.65. The molecule has 0 aliphatic carbocycles. The Morgan fingerprint density at radius 2 is 2.00 bits per heavy atom. The van der Waals surface area contributed by atoms with Crippen molar-refractivity contribution in [2.75, 3.05) is 18.8 Å². The zero-order valence-electron chi connectivity index (χ0n) is 12.1. The molecule has 3 N–H and O–H groups in total. The number of nitrogen functional groups attached to an aromatic ring is 1. The van der Waals surface area contributed by atoms with Crippen molar-refractivity contribution < 1.29 is 13.5 Å². The Kier molecular flexibility index (Phi) is 4.09. The van der Waals surface area contributed by atoms with Gasteiger partial charge < -0.3 is 10.8 Å². The summed E-state index contributed by atoms with van der Waals surface area (Å²) in [5.74, 6) is 0.123. The number of hydrogen-bond acceptors (Lipinski definition) is 4.